The first kappa shape index (κ1) is 28.5. The maximum absolute atomic E-state index is 14.1. The predicted octanol–water partition coefficient (Wildman–Crippen LogP) is 3.93. The number of amides is 1. The number of halogens is 6. The number of carbonyl (C=O) groups is 2. The molecule has 0 saturated carbocycles. The van der Waals surface area contributed by atoms with Gasteiger partial charge in [0.1, 0.15) is 40.7 Å². The SMILES string of the molecule is Cc1ncc(Cc2c(C)[nH]c(=O)c(Cl)c2OCc2ccc(F)cc2F)c(NC(=O)COC(=O)C(F)(F)F)n1. The largest absolute Gasteiger partial charge is 0.490 e. The van der Waals surface area contributed by atoms with E-state index in [1.54, 1.807) is 0 Å². The number of H-pyrrole nitrogens is 1. The van der Waals surface area contributed by atoms with Crippen molar-refractivity contribution in [3.05, 3.63) is 79.6 Å². The summed E-state index contributed by atoms with van der Waals surface area (Å²) in [7, 11) is 0. The summed E-state index contributed by atoms with van der Waals surface area (Å²) in [6.45, 7) is 1.35. The molecule has 0 saturated heterocycles. The number of aryl methyl sites for hydroxylation is 2. The number of alkyl halides is 3. The lowest BCUT2D eigenvalue weighted by atomic mass is 10.0. The van der Waals surface area contributed by atoms with Gasteiger partial charge in [-0.1, -0.05) is 11.6 Å². The van der Waals surface area contributed by atoms with E-state index in [1.807, 2.05) is 0 Å². The summed E-state index contributed by atoms with van der Waals surface area (Å²) in [4.78, 5) is 45.9. The third-order valence-corrected chi connectivity index (χ3v) is 5.33. The molecule has 0 atom stereocenters. The second kappa shape index (κ2) is 11.5. The molecule has 0 fully saturated rings. The van der Waals surface area contributed by atoms with E-state index in [2.05, 4.69) is 25.0 Å². The zero-order chi connectivity index (χ0) is 28.2. The van der Waals surface area contributed by atoms with Gasteiger partial charge >= 0.3 is 12.1 Å². The minimum Gasteiger partial charge on any atom is -0.487 e. The Kier molecular flexibility index (Phi) is 8.66. The minimum absolute atomic E-state index is 0.0219. The highest BCUT2D eigenvalue weighted by Gasteiger charge is 2.41. The predicted molar refractivity (Wildman–Crippen MR) is 123 cm³/mol. The van der Waals surface area contributed by atoms with Crippen molar-refractivity contribution in [2.24, 2.45) is 0 Å². The van der Waals surface area contributed by atoms with Gasteiger partial charge in [-0.25, -0.2) is 23.5 Å². The molecule has 0 spiro atoms. The molecule has 1 amide bonds. The number of hydrogen-bond acceptors (Lipinski definition) is 7. The van der Waals surface area contributed by atoms with Gasteiger partial charge in [-0.3, -0.25) is 9.59 Å². The van der Waals surface area contributed by atoms with E-state index in [0.29, 0.717) is 6.07 Å². The molecule has 0 unspecified atom stereocenters. The van der Waals surface area contributed by atoms with Gasteiger partial charge in [0.15, 0.2) is 6.61 Å². The smallest absolute Gasteiger partial charge is 0.487 e. The number of anilines is 1. The second-order valence-corrected chi connectivity index (χ2v) is 8.19. The van der Waals surface area contributed by atoms with E-state index in [0.717, 1.165) is 12.1 Å². The Morgan fingerprint density at radius 2 is 1.87 bits per heavy atom. The first-order chi connectivity index (χ1) is 17.8. The lowest BCUT2D eigenvalue weighted by molar-refractivity contribution is -0.199. The summed E-state index contributed by atoms with van der Waals surface area (Å²) < 4.78 is 73.8. The summed E-state index contributed by atoms with van der Waals surface area (Å²) in [5.41, 5.74) is 0.0543. The fraction of sp³-hybridized carbons (Fsp3) is 0.261. The summed E-state index contributed by atoms with van der Waals surface area (Å²) in [6, 6.07) is 2.85. The quantitative estimate of drug-likeness (QED) is 0.316. The lowest BCUT2D eigenvalue weighted by Crippen LogP contribution is -2.30. The van der Waals surface area contributed by atoms with E-state index >= 15 is 0 Å². The molecule has 3 rings (SSSR count). The first-order valence-corrected chi connectivity index (χ1v) is 11.0. The maximum atomic E-state index is 14.1. The normalized spacial score (nSPS) is 11.3. The van der Waals surface area contributed by atoms with Crippen LogP contribution in [0.25, 0.3) is 0 Å². The molecule has 0 radical (unpaired) electrons. The molecular formula is C23H18ClF5N4O5. The van der Waals surface area contributed by atoms with E-state index in [1.165, 1.54) is 20.0 Å². The van der Waals surface area contributed by atoms with Crippen LogP contribution in [-0.4, -0.2) is 39.6 Å². The van der Waals surface area contributed by atoms with Crippen LogP contribution in [0, 0.1) is 25.5 Å². The number of ether oxygens (including phenoxy) is 2. The van der Waals surface area contributed by atoms with Gasteiger partial charge in [0.05, 0.1) is 0 Å². The van der Waals surface area contributed by atoms with Gasteiger partial charge in [-0.05, 0) is 26.0 Å². The van der Waals surface area contributed by atoms with Crippen LogP contribution < -0.4 is 15.6 Å². The fourth-order valence-electron chi connectivity index (χ4n) is 3.16. The van der Waals surface area contributed by atoms with Crippen molar-refractivity contribution in [1.82, 2.24) is 15.0 Å². The van der Waals surface area contributed by atoms with Crippen LogP contribution in [0.2, 0.25) is 5.02 Å². The molecule has 0 bridgehead atoms. The molecule has 15 heteroatoms. The number of nitrogens with one attached hydrogen (secondary N) is 2. The summed E-state index contributed by atoms with van der Waals surface area (Å²) in [5.74, 6) is -5.38. The topological polar surface area (TPSA) is 123 Å². The third kappa shape index (κ3) is 7.03. The van der Waals surface area contributed by atoms with Crippen LogP contribution in [0.1, 0.15) is 28.2 Å². The third-order valence-electron chi connectivity index (χ3n) is 4.99. The molecule has 0 aliphatic heterocycles. The Balaban J connectivity index is 1.89. The van der Waals surface area contributed by atoms with Crippen LogP contribution in [0.15, 0.2) is 29.2 Å². The number of carbonyl (C=O) groups excluding carboxylic acids is 2. The molecule has 9 nitrogen and oxygen atoms in total. The maximum Gasteiger partial charge on any atom is 0.490 e. The van der Waals surface area contributed by atoms with Crippen molar-refractivity contribution in [2.45, 2.75) is 33.1 Å². The molecular weight excluding hydrogens is 543 g/mol. The summed E-state index contributed by atoms with van der Waals surface area (Å²) >= 11 is 6.16. The van der Waals surface area contributed by atoms with Gasteiger partial charge in [0.2, 0.25) is 0 Å². The van der Waals surface area contributed by atoms with Crippen molar-refractivity contribution < 1.29 is 41.0 Å². The van der Waals surface area contributed by atoms with Crippen molar-refractivity contribution in [3.63, 3.8) is 0 Å². The number of nitrogens with zero attached hydrogens (tertiary/aromatic N) is 2. The van der Waals surface area contributed by atoms with Crippen LogP contribution >= 0.6 is 11.6 Å². The second-order valence-electron chi connectivity index (χ2n) is 7.82. The van der Waals surface area contributed by atoms with Crippen LogP contribution in [0.5, 0.6) is 5.75 Å². The Bertz CT molecular complexity index is 1440. The zero-order valence-electron chi connectivity index (χ0n) is 19.6. The van der Waals surface area contributed by atoms with Crippen LogP contribution in [-0.2, 0) is 27.4 Å². The molecule has 2 N–H and O–H groups in total. The van der Waals surface area contributed by atoms with Crippen molar-refractivity contribution in [1.29, 1.82) is 0 Å². The highest BCUT2D eigenvalue weighted by Crippen LogP contribution is 2.31. The first-order valence-electron chi connectivity index (χ1n) is 10.6. The van der Waals surface area contributed by atoms with Crippen molar-refractivity contribution >= 4 is 29.3 Å². The molecule has 0 aliphatic carbocycles. The van der Waals surface area contributed by atoms with E-state index in [4.69, 9.17) is 16.3 Å². The van der Waals surface area contributed by atoms with Crippen LogP contribution in [0.3, 0.4) is 0 Å². The molecule has 38 heavy (non-hydrogen) atoms. The Hall–Kier alpha value is -4.07. The van der Waals surface area contributed by atoms with Crippen molar-refractivity contribution in [2.75, 3.05) is 11.9 Å². The summed E-state index contributed by atoms with van der Waals surface area (Å²) in [5, 5.41) is 1.88. The van der Waals surface area contributed by atoms with Crippen LogP contribution in [0.4, 0.5) is 27.8 Å². The number of aromatic amines is 1. The fourth-order valence-corrected chi connectivity index (χ4v) is 3.38. The van der Waals surface area contributed by atoms with Crippen molar-refractivity contribution in [3.8, 4) is 5.75 Å². The Labute approximate surface area is 216 Å². The molecule has 202 valence electrons. The highest BCUT2D eigenvalue weighted by molar-refractivity contribution is 6.32. The lowest BCUT2D eigenvalue weighted by Gasteiger charge is -2.17. The van der Waals surface area contributed by atoms with Gasteiger partial charge in [-0.2, -0.15) is 13.2 Å². The molecule has 2 heterocycles. The average molecular weight is 561 g/mol. The molecule has 3 aromatic rings. The Morgan fingerprint density at radius 3 is 2.53 bits per heavy atom. The molecule has 2 aromatic heterocycles. The van der Waals surface area contributed by atoms with Gasteiger partial charge in [0.25, 0.3) is 11.5 Å². The molecule has 0 aliphatic rings. The number of benzene rings is 1. The van der Waals surface area contributed by atoms with Gasteiger partial charge in [-0.15, -0.1) is 0 Å². The van der Waals surface area contributed by atoms with Gasteiger partial charge < -0.3 is 19.8 Å². The zero-order valence-corrected chi connectivity index (χ0v) is 20.4. The van der Waals surface area contributed by atoms with E-state index in [-0.39, 0.29) is 51.2 Å². The Morgan fingerprint density at radius 1 is 1.16 bits per heavy atom. The van der Waals surface area contributed by atoms with E-state index < -0.39 is 48.5 Å². The average Bonchev–Trinajstić information content (AvgIpc) is 2.82. The van der Waals surface area contributed by atoms with E-state index in [9.17, 15) is 36.3 Å². The number of aromatic nitrogens is 3. The standard InChI is InChI=1S/C23H18ClF5N4O5/c1-10-15(19(18(24)21(35)31-10)37-8-12-3-4-14(25)6-16(12)26)5-13-7-30-11(2)32-20(13)33-17(34)9-38-22(36)23(27,28)29/h3-4,6-7H,5,8-9H2,1-2H3,(H,31,35)(H,30,32,33,34). The monoisotopic (exact) mass is 560 g/mol. The number of pyridine rings is 1. The summed E-state index contributed by atoms with van der Waals surface area (Å²) in [6.07, 6.45) is -4.09. The van der Waals surface area contributed by atoms with Gasteiger partial charge in [0, 0.05) is 41.1 Å². The number of rotatable bonds is 8. The molecule has 1 aromatic carbocycles. The number of esters is 1. The highest BCUT2D eigenvalue weighted by atomic mass is 35.5. The minimum atomic E-state index is -5.27. The number of hydrogen-bond donors (Lipinski definition) is 2.